The Bertz CT molecular complexity index is 5560. The van der Waals surface area contributed by atoms with E-state index in [1.54, 1.807) is 66.4 Å². The van der Waals surface area contributed by atoms with Gasteiger partial charge >= 0.3 is 6.18 Å². The van der Waals surface area contributed by atoms with Crippen molar-refractivity contribution in [1.29, 1.82) is 0 Å². The molecule has 0 aromatic heterocycles. The highest BCUT2D eigenvalue weighted by atomic mass is 127. The van der Waals surface area contributed by atoms with Crippen molar-refractivity contribution in [3.05, 3.63) is 281 Å². The lowest BCUT2D eigenvalue weighted by Gasteiger charge is -2.21. The molecule has 0 atom stereocenters. The van der Waals surface area contributed by atoms with Gasteiger partial charge in [0.15, 0.2) is 63.6 Å². The van der Waals surface area contributed by atoms with Crippen LogP contribution in [0.3, 0.4) is 0 Å². The van der Waals surface area contributed by atoms with Gasteiger partial charge in [-0.15, -0.1) is 11.8 Å². The van der Waals surface area contributed by atoms with Crippen molar-refractivity contribution in [3.8, 4) is 57.5 Å². The van der Waals surface area contributed by atoms with E-state index in [2.05, 4.69) is 38.5 Å². The molecule has 664 valence electrons. The summed E-state index contributed by atoms with van der Waals surface area (Å²) in [6.45, 7) is 10.5. The van der Waals surface area contributed by atoms with Crippen LogP contribution < -0.4 is 47.4 Å². The standard InChI is InChI=1S/C12H10O3S.C10H9ClO2.C10H7F3O2.2C10H10O2.C9H7BrO2.C9H6Cl2O2.C9H7ClO2.C9H7IO2.C9H8O2/c13-9-1-3-15-11-5-8-10(14)2-4-16-12(8)6-7(9)11;1-6-2-3-7(11)9-8(12)4-5-13-10(6)9;11-10(12,13)6-1-2-9-7(5-6)8(14)3-4-15-9;2*1-7-2-3-10-8(6-7)9(11)4-5-12-10;10-6-1-2-9-7(5-6)8(11)3-4-12-9;10-5-3-6-8(12)1-2-13-9(6)7(11)4-5;2*10-6-1-2-9-7(5-6)8(11)3-4-12-9;10-8-5-6-11-9-4-2-1-3-7(8)9/h5-6H,1-4H2;2-3H,4-5H2,1H3;1-2,5H,3-4H2;2*2-3,6H,4-5H2,1H3;1-2,5H,3-4H2;3-4H,1-2H2;2*1-2,5H,3-4H2;1-4H,5-6H2. The predicted octanol–water partition coefficient (Wildman–Crippen LogP) is 23.1. The lowest BCUT2D eigenvalue weighted by Crippen LogP contribution is -2.17. The molecule has 31 heteroatoms. The highest BCUT2D eigenvalue weighted by molar-refractivity contribution is 14.1. The summed E-state index contributed by atoms with van der Waals surface area (Å²) in [5, 5.41) is 1.93. The summed E-state index contributed by atoms with van der Waals surface area (Å²) in [6, 6.07) is 48.3. The van der Waals surface area contributed by atoms with Gasteiger partial charge in [0.2, 0.25) is 0 Å². The van der Waals surface area contributed by atoms with Crippen molar-refractivity contribution >= 4 is 160 Å². The molecular formula is C97H81BrCl4F3IO21S. The Kier molecular flexibility index (Phi) is 33.7. The van der Waals surface area contributed by atoms with E-state index in [9.17, 15) is 65.9 Å². The van der Waals surface area contributed by atoms with E-state index >= 15 is 0 Å². The third kappa shape index (κ3) is 25.3. The van der Waals surface area contributed by atoms with Gasteiger partial charge in [0, 0.05) is 105 Å². The number of Topliss-reactive ketones (excluding diaryl/α,β-unsaturated/α-hetero) is 11. The Morgan fingerprint density at radius 1 is 0.312 bits per heavy atom. The van der Waals surface area contributed by atoms with E-state index in [1.807, 2.05) is 118 Å². The maximum absolute atomic E-state index is 12.3. The Morgan fingerprint density at radius 3 is 1.19 bits per heavy atom. The van der Waals surface area contributed by atoms with Crippen molar-refractivity contribution in [3.63, 3.8) is 0 Å². The first-order valence-electron chi connectivity index (χ1n) is 40.5. The van der Waals surface area contributed by atoms with E-state index in [4.69, 9.17) is 93.8 Å². The van der Waals surface area contributed by atoms with Crippen molar-refractivity contribution < 1.29 is 113 Å². The first kappa shape index (κ1) is 96.2. The quantitative estimate of drug-likeness (QED) is 0.128. The smallest absolute Gasteiger partial charge is 0.416 e. The van der Waals surface area contributed by atoms with E-state index in [0.29, 0.717) is 206 Å². The maximum Gasteiger partial charge on any atom is 0.416 e. The summed E-state index contributed by atoms with van der Waals surface area (Å²) in [5.74, 6) is 8.12. The summed E-state index contributed by atoms with van der Waals surface area (Å²) in [6.07, 6.45) is 0.517. The fourth-order valence-corrected chi connectivity index (χ4v) is 16.8. The number of fused-ring (bicyclic) bond motifs is 11. The van der Waals surface area contributed by atoms with Crippen LogP contribution in [0.2, 0.25) is 20.1 Å². The first-order chi connectivity index (χ1) is 61.3. The molecule has 0 unspecified atom stereocenters. The van der Waals surface area contributed by atoms with E-state index in [-0.39, 0.29) is 88.0 Å². The highest BCUT2D eigenvalue weighted by Gasteiger charge is 2.34. The summed E-state index contributed by atoms with van der Waals surface area (Å²) in [5.41, 5.74) is 8.98. The number of alkyl halides is 3. The van der Waals surface area contributed by atoms with Crippen LogP contribution in [0.5, 0.6) is 57.5 Å². The summed E-state index contributed by atoms with van der Waals surface area (Å²) < 4.78 is 92.0. The number of benzene rings is 10. The van der Waals surface area contributed by atoms with Gasteiger partial charge in [-0.1, -0.05) is 104 Å². The van der Waals surface area contributed by atoms with Crippen LogP contribution in [0.25, 0.3) is 0 Å². The number of para-hydroxylation sites is 1. The predicted molar refractivity (Wildman–Crippen MR) is 488 cm³/mol. The van der Waals surface area contributed by atoms with E-state index in [1.165, 1.54) is 6.07 Å². The number of halogens is 9. The summed E-state index contributed by atoms with van der Waals surface area (Å²) in [4.78, 5) is 126. The second kappa shape index (κ2) is 44.9. The Balaban J connectivity index is 0.000000129. The van der Waals surface area contributed by atoms with Crippen molar-refractivity contribution in [2.75, 3.05) is 71.8 Å². The van der Waals surface area contributed by atoms with Crippen LogP contribution >= 0.6 is 96.7 Å². The third-order valence-electron chi connectivity index (χ3n) is 20.4. The topological polar surface area (TPSA) is 280 Å². The Hall–Kier alpha value is -10.9. The fraction of sp³-hybridized carbons (Fsp3) is 0.268. The second-order valence-electron chi connectivity index (χ2n) is 29.5. The van der Waals surface area contributed by atoms with Gasteiger partial charge in [0.1, 0.15) is 57.5 Å². The lowest BCUT2D eigenvalue weighted by molar-refractivity contribution is -0.137. The fourth-order valence-electron chi connectivity index (χ4n) is 13.9. The largest absolute Gasteiger partial charge is 0.492 e. The molecular weight excluding hydrogens is 1940 g/mol. The van der Waals surface area contributed by atoms with Crippen molar-refractivity contribution in [2.45, 2.75) is 102 Å². The minimum atomic E-state index is -4.42. The number of aryl methyl sites for hydroxylation is 3. The molecule has 10 aromatic rings. The molecule has 21 nitrogen and oxygen atoms in total. The molecule has 11 aliphatic heterocycles. The minimum absolute atomic E-state index is 0.0241. The number of carbonyl (C=O) groups excluding carboxylic acids is 11. The molecule has 0 fully saturated rings. The normalized spacial score (nSPS) is 15.7. The Labute approximate surface area is 780 Å². The van der Waals surface area contributed by atoms with Gasteiger partial charge < -0.3 is 47.4 Å². The van der Waals surface area contributed by atoms with Crippen molar-refractivity contribution in [1.82, 2.24) is 0 Å². The third-order valence-corrected chi connectivity index (χ3v) is 23.7. The number of hydrogen-bond acceptors (Lipinski definition) is 22. The number of thioether (sulfide) groups is 1. The SMILES string of the molecule is Cc1ccc(Cl)c2c1OCCC2=O.Cc1ccc2c(c1)C(=O)CCO2.Cc1ccc2c(c1)C(=O)CCO2.O=C1CCOc2c(Cl)cc(Cl)cc21.O=C1CCOc2cc3c(cc21)SCCC3=O.O=C1CCOc2ccc(Br)cc21.O=C1CCOc2ccc(C(F)(F)F)cc21.O=C1CCOc2ccc(Cl)cc21.O=C1CCOc2ccc(I)cc21.O=C1CCOc2ccccc21. The molecule has 0 saturated heterocycles. The molecule has 0 amide bonds. The van der Waals surface area contributed by atoms with Crippen LogP contribution in [0, 0.1) is 24.3 Å². The molecule has 0 aliphatic carbocycles. The zero-order valence-electron chi connectivity index (χ0n) is 69.1. The number of ketones is 11. The minimum Gasteiger partial charge on any atom is -0.492 e. The monoisotopic (exact) mass is 2020 g/mol. The molecule has 0 radical (unpaired) electrons. The number of hydrogen-bond donors (Lipinski definition) is 0. The zero-order chi connectivity index (χ0) is 91.5. The average molecular weight is 2020 g/mol. The Morgan fingerprint density at radius 2 is 0.688 bits per heavy atom. The molecule has 128 heavy (non-hydrogen) atoms. The summed E-state index contributed by atoms with van der Waals surface area (Å²) in [7, 11) is 0. The van der Waals surface area contributed by atoms with Gasteiger partial charge in [-0.2, -0.15) is 13.2 Å². The van der Waals surface area contributed by atoms with Crippen LogP contribution in [-0.2, 0) is 6.18 Å². The zero-order valence-corrected chi connectivity index (χ0v) is 76.7. The molecule has 0 saturated carbocycles. The molecule has 10 aromatic carbocycles. The average Bonchev–Trinajstić information content (AvgIpc) is 0.783. The van der Waals surface area contributed by atoms with Crippen LogP contribution in [-0.4, -0.2) is 135 Å². The molecule has 11 aliphatic rings. The van der Waals surface area contributed by atoms with Gasteiger partial charge in [-0.25, -0.2) is 0 Å². The van der Waals surface area contributed by atoms with Crippen LogP contribution in [0.4, 0.5) is 13.2 Å². The van der Waals surface area contributed by atoms with Gasteiger partial charge in [-0.05, 0) is 188 Å². The van der Waals surface area contributed by atoms with E-state index < -0.39 is 11.7 Å². The van der Waals surface area contributed by atoms with Gasteiger partial charge in [0.05, 0.1) is 137 Å². The molecule has 0 bridgehead atoms. The maximum atomic E-state index is 12.3. The van der Waals surface area contributed by atoms with Crippen molar-refractivity contribution in [2.24, 2.45) is 0 Å². The van der Waals surface area contributed by atoms with Crippen LogP contribution in [0.15, 0.2) is 179 Å². The number of ether oxygens (including phenoxy) is 10. The van der Waals surface area contributed by atoms with E-state index in [0.717, 1.165) is 92.8 Å². The number of rotatable bonds is 0. The lowest BCUT2D eigenvalue weighted by atomic mass is 10.00. The molecule has 0 spiro atoms. The molecule has 21 rings (SSSR count). The second-order valence-corrected chi connectivity index (χ2v) is 34.5. The molecule has 0 N–H and O–H groups in total. The van der Waals surface area contributed by atoms with Crippen LogP contribution in [0.1, 0.15) is 207 Å². The van der Waals surface area contributed by atoms with Gasteiger partial charge in [0.25, 0.3) is 0 Å². The number of carbonyl (C=O) groups is 11. The first-order valence-corrected chi connectivity index (χ1v) is 44.9. The highest BCUT2D eigenvalue weighted by Crippen LogP contribution is 2.41. The molecule has 11 heterocycles. The van der Waals surface area contributed by atoms with Gasteiger partial charge in [-0.3, -0.25) is 52.7 Å². The summed E-state index contributed by atoms with van der Waals surface area (Å²) >= 11 is 30.4.